The maximum atomic E-state index is 3.42. The van der Waals surface area contributed by atoms with Crippen LogP contribution >= 0.6 is 11.3 Å². The zero-order chi connectivity index (χ0) is 8.67. The molecular weight excluding hydrogens is 178 g/mol. The Labute approximate surface area is 81.0 Å². The van der Waals surface area contributed by atoms with Gasteiger partial charge in [-0.2, -0.15) is 0 Å². The average Bonchev–Trinajstić information content (AvgIpc) is 2.65. The summed E-state index contributed by atoms with van der Waals surface area (Å²) in [5, 5.41) is 5.58. The van der Waals surface area contributed by atoms with Crippen LogP contribution in [0.25, 0.3) is 11.1 Å². The van der Waals surface area contributed by atoms with Crippen LogP contribution in [-0.4, -0.2) is 0 Å². The fraction of sp³-hybridized carbons (Fsp3) is 0.0909. The molecule has 64 valence electrons. The summed E-state index contributed by atoms with van der Waals surface area (Å²) < 4.78 is 0. The summed E-state index contributed by atoms with van der Waals surface area (Å²) in [5.41, 5.74) is 4.00. The van der Waals surface area contributed by atoms with Crippen molar-refractivity contribution in [3.05, 3.63) is 40.6 Å². The van der Waals surface area contributed by atoms with E-state index in [9.17, 15) is 0 Å². The highest BCUT2D eigenvalue weighted by atomic mass is 32.1. The molecule has 1 aliphatic rings. The summed E-state index contributed by atoms with van der Waals surface area (Å²) in [7, 11) is 0. The number of rotatable bonds is 0. The number of benzene rings is 1. The monoisotopic (exact) mass is 187 g/mol. The van der Waals surface area contributed by atoms with E-state index >= 15 is 0 Å². The molecule has 3 rings (SSSR count). The van der Waals surface area contributed by atoms with E-state index in [2.05, 4.69) is 41.0 Å². The fourth-order valence-corrected chi connectivity index (χ4v) is 2.59. The van der Waals surface area contributed by atoms with Crippen LogP contribution in [0.5, 0.6) is 0 Å². The number of thiophene rings is 1. The van der Waals surface area contributed by atoms with Crippen LogP contribution < -0.4 is 5.32 Å². The van der Waals surface area contributed by atoms with Gasteiger partial charge in [-0.1, -0.05) is 18.2 Å². The van der Waals surface area contributed by atoms with Crippen molar-refractivity contribution in [2.75, 3.05) is 5.32 Å². The Morgan fingerprint density at radius 3 is 3.00 bits per heavy atom. The van der Waals surface area contributed by atoms with Crippen molar-refractivity contribution in [3.8, 4) is 11.1 Å². The van der Waals surface area contributed by atoms with Gasteiger partial charge in [0.2, 0.25) is 0 Å². The lowest BCUT2D eigenvalue weighted by Crippen LogP contribution is -2.05. The molecule has 0 saturated heterocycles. The largest absolute Gasteiger partial charge is 0.380 e. The molecule has 0 aliphatic carbocycles. The fourth-order valence-electron chi connectivity index (χ4n) is 1.77. The first kappa shape index (κ1) is 7.15. The Kier molecular flexibility index (Phi) is 1.43. The van der Waals surface area contributed by atoms with Gasteiger partial charge in [0.15, 0.2) is 0 Å². The minimum Gasteiger partial charge on any atom is -0.380 e. The molecule has 1 aromatic heterocycles. The van der Waals surface area contributed by atoms with E-state index in [0.29, 0.717) is 0 Å². The summed E-state index contributed by atoms with van der Waals surface area (Å²) >= 11 is 1.83. The predicted octanol–water partition coefficient (Wildman–Crippen LogP) is 3.34. The van der Waals surface area contributed by atoms with Crippen LogP contribution in [0.1, 0.15) is 4.88 Å². The Bertz CT molecular complexity index is 445. The number of fused-ring (bicyclic) bond motifs is 3. The van der Waals surface area contributed by atoms with E-state index in [1.165, 1.54) is 21.7 Å². The third kappa shape index (κ3) is 0.988. The van der Waals surface area contributed by atoms with E-state index in [0.717, 1.165) is 6.54 Å². The van der Waals surface area contributed by atoms with Crippen molar-refractivity contribution in [3.63, 3.8) is 0 Å². The normalized spacial score (nSPS) is 12.9. The zero-order valence-corrected chi connectivity index (χ0v) is 7.90. The van der Waals surface area contributed by atoms with Crippen LogP contribution in [0.4, 0.5) is 5.69 Å². The number of anilines is 1. The average molecular weight is 187 g/mol. The first-order chi connectivity index (χ1) is 6.45. The van der Waals surface area contributed by atoms with Gasteiger partial charge in [-0.15, -0.1) is 11.3 Å². The van der Waals surface area contributed by atoms with Gasteiger partial charge in [-0.05, 0) is 23.1 Å². The van der Waals surface area contributed by atoms with Gasteiger partial charge in [0.05, 0.1) is 6.54 Å². The molecule has 1 N–H and O–H groups in total. The second-order valence-corrected chi connectivity index (χ2v) is 4.16. The second kappa shape index (κ2) is 2.60. The summed E-state index contributed by atoms with van der Waals surface area (Å²) in [6.07, 6.45) is 0. The van der Waals surface area contributed by atoms with E-state index < -0.39 is 0 Å². The van der Waals surface area contributed by atoms with Crippen molar-refractivity contribution >= 4 is 17.0 Å². The molecule has 13 heavy (non-hydrogen) atoms. The highest BCUT2D eigenvalue weighted by Gasteiger charge is 2.14. The highest BCUT2D eigenvalue weighted by Crippen LogP contribution is 2.37. The van der Waals surface area contributed by atoms with Gasteiger partial charge in [0, 0.05) is 16.1 Å². The molecule has 0 amide bonds. The lowest BCUT2D eigenvalue weighted by Gasteiger charge is -2.17. The number of para-hydroxylation sites is 1. The van der Waals surface area contributed by atoms with Gasteiger partial charge in [0.1, 0.15) is 0 Å². The number of hydrogen-bond acceptors (Lipinski definition) is 2. The van der Waals surface area contributed by atoms with Crippen LogP contribution in [-0.2, 0) is 6.54 Å². The standard InChI is InChI=1S/C11H9NS/c1-2-4-10-8(3-1)9-5-6-13-11(9)7-12-10/h1-6,12H,7H2. The van der Waals surface area contributed by atoms with Crippen LogP contribution in [0.15, 0.2) is 35.7 Å². The minimum absolute atomic E-state index is 0.976. The Balaban J connectivity index is 2.30. The molecule has 1 aromatic carbocycles. The molecule has 2 aromatic rings. The Hall–Kier alpha value is -1.28. The highest BCUT2D eigenvalue weighted by molar-refractivity contribution is 7.10. The van der Waals surface area contributed by atoms with E-state index in [1.54, 1.807) is 0 Å². The van der Waals surface area contributed by atoms with Crippen molar-refractivity contribution in [1.29, 1.82) is 0 Å². The van der Waals surface area contributed by atoms with Gasteiger partial charge in [0.25, 0.3) is 0 Å². The molecule has 0 bridgehead atoms. The molecule has 0 atom stereocenters. The van der Waals surface area contributed by atoms with Crippen molar-refractivity contribution in [1.82, 2.24) is 0 Å². The maximum absolute atomic E-state index is 3.42. The van der Waals surface area contributed by atoms with Crippen LogP contribution in [0.2, 0.25) is 0 Å². The van der Waals surface area contributed by atoms with Gasteiger partial charge < -0.3 is 5.32 Å². The van der Waals surface area contributed by atoms with Gasteiger partial charge >= 0.3 is 0 Å². The van der Waals surface area contributed by atoms with E-state index in [-0.39, 0.29) is 0 Å². The first-order valence-corrected chi connectivity index (χ1v) is 5.23. The van der Waals surface area contributed by atoms with Crippen molar-refractivity contribution < 1.29 is 0 Å². The lowest BCUT2D eigenvalue weighted by molar-refractivity contribution is 1.17. The maximum Gasteiger partial charge on any atom is 0.0500 e. The third-order valence-electron chi connectivity index (χ3n) is 2.40. The van der Waals surface area contributed by atoms with Crippen molar-refractivity contribution in [2.45, 2.75) is 6.54 Å². The smallest absolute Gasteiger partial charge is 0.0500 e. The van der Waals surface area contributed by atoms with Crippen LogP contribution in [0, 0.1) is 0 Å². The molecule has 0 radical (unpaired) electrons. The summed E-state index contributed by atoms with van der Waals surface area (Å²) in [4.78, 5) is 1.44. The molecule has 0 saturated carbocycles. The molecule has 1 nitrogen and oxygen atoms in total. The van der Waals surface area contributed by atoms with Crippen molar-refractivity contribution in [2.24, 2.45) is 0 Å². The molecule has 0 fully saturated rings. The first-order valence-electron chi connectivity index (χ1n) is 4.35. The quantitative estimate of drug-likeness (QED) is 0.667. The molecular formula is C11H9NS. The molecule has 0 spiro atoms. The molecule has 1 aliphatic heterocycles. The second-order valence-electron chi connectivity index (χ2n) is 3.16. The SMILES string of the molecule is c1ccc2c(c1)NCc1sccc1-2. The minimum atomic E-state index is 0.976. The predicted molar refractivity (Wildman–Crippen MR) is 57.1 cm³/mol. The Morgan fingerprint density at radius 1 is 1.08 bits per heavy atom. The van der Waals surface area contributed by atoms with E-state index in [1.807, 2.05) is 11.3 Å². The number of hydrogen-bond donors (Lipinski definition) is 1. The topological polar surface area (TPSA) is 12.0 Å². The molecule has 2 heteroatoms. The third-order valence-corrected chi connectivity index (χ3v) is 3.32. The molecule has 0 unspecified atom stereocenters. The Morgan fingerprint density at radius 2 is 2.00 bits per heavy atom. The summed E-state index contributed by atoms with van der Waals surface area (Å²) in [6.45, 7) is 0.976. The van der Waals surface area contributed by atoms with Gasteiger partial charge in [-0.3, -0.25) is 0 Å². The molecule has 2 heterocycles. The number of nitrogens with one attached hydrogen (secondary N) is 1. The summed E-state index contributed by atoms with van der Waals surface area (Å²) in [5.74, 6) is 0. The van der Waals surface area contributed by atoms with E-state index in [4.69, 9.17) is 0 Å². The van der Waals surface area contributed by atoms with Crippen LogP contribution in [0.3, 0.4) is 0 Å². The summed E-state index contributed by atoms with van der Waals surface area (Å²) in [6, 6.07) is 10.7. The van der Waals surface area contributed by atoms with Gasteiger partial charge in [-0.25, -0.2) is 0 Å². The lowest BCUT2D eigenvalue weighted by atomic mass is 10.0. The zero-order valence-electron chi connectivity index (χ0n) is 7.08.